The smallest absolute Gasteiger partial charge is 0.408 e. The molecule has 3 rings (SSSR count). The number of aromatic nitrogens is 3. The minimum Gasteiger partial charge on any atom is -0.465 e. The summed E-state index contributed by atoms with van der Waals surface area (Å²) in [7, 11) is 0. The van der Waals surface area contributed by atoms with Gasteiger partial charge in [0.2, 0.25) is 0 Å². The Hall–Kier alpha value is -2.31. The van der Waals surface area contributed by atoms with E-state index in [0.717, 1.165) is 29.6 Å². The van der Waals surface area contributed by atoms with Gasteiger partial charge in [-0.3, -0.25) is 4.90 Å². The van der Waals surface area contributed by atoms with Crippen LogP contribution in [-0.4, -0.2) is 42.2 Å². The van der Waals surface area contributed by atoms with Crippen molar-refractivity contribution in [2.75, 3.05) is 5.73 Å². The van der Waals surface area contributed by atoms with Gasteiger partial charge in [-0.25, -0.2) is 14.8 Å². The summed E-state index contributed by atoms with van der Waals surface area (Å²) in [6.45, 7) is 6.36. The second kappa shape index (κ2) is 4.86. The van der Waals surface area contributed by atoms with Crippen LogP contribution < -0.4 is 5.73 Å². The predicted molar refractivity (Wildman–Crippen MR) is 83.7 cm³/mol. The molecular formula is C15H21N5O2. The maximum absolute atomic E-state index is 11.7. The molecule has 0 fully saturated rings. The molecule has 0 spiro atoms. The second-order valence-electron chi connectivity index (χ2n) is 6.76. The largest absolute Gasteiger partial charge is 0.465 e. The third kappa shape index (κ3) is 2.26. The standard InChI is InChI=1S/C15H21N5O2/c1-15(2,3)20(14(21)22)10-5-4-9-6-11-12(16)17-8-18-13(11)19(9)7-10/h6,8,10H,4-5,7H2,1-3H3,(H,21,22)(H2,16,17,18). The van der Waals surface area contributed by atoms with Crippen molar-refractivity contribution in [3.8, 4) is 0 Å². The maximum Gasteiger partial charge on any atom is 0.408 e. The first kappa shape index (κ1) is 14.6. The molecule has 118 valence electrons. The van der Waals surface area contributed by atoms with Crippen LogP contribution in [0.4, 0.5) is 10.6 Å². The Morgan fingerprint density at radius 1 is 1.45 bits per heavy atom. The van der Waals surface area contributed by atoms with Crippen molar-refractivity contribution < 1.29 is 9.90 Å². The molecular weight excluding hydrogens is 282 g/mol. The van der Waals surface area contributed by atoms with Gasteiger partial charge in [0, 0.05) is 17.8 Å². The first-order valence-corrected chi connectivity index (χ1v) is 7.40. The molecule has 1 aliphatic heterocycles. The number of carbonyl (C=O) groups is 1. The van der Waals surface area contributed by atoms with E-state index < -0.39 is 11.6 Å². The van der Waals surface area contributed by atoms with Gasteiger partial charge in [-0.2, -0.15) is 0 Å². The fourth-order valence-electron chi connectivity index (χ4n) is 3.36. The van der Waals surface area contributed by atoms with Crippen LogP contribution in [0.1, 0.15) is 32.9 Å². The van der Waals surface area contributed by atoms with Crippen molar-refractivity contribution in [3.63, 3.8) is 0 Å². The molecule has 0 saturated heterocycles. The maximum atomic E-state index is 11.7. The van der Waals surface area contributed by atoms with E-state index in [1.54, 1.807) is 4.90 Å². The van der Waals surface area contributed by atoms with Gasteiger partial charge in [0.15, 0.2) is 0 Å². The molecule has 2 aromatic heterocycles. The molecule has 3 heterocycles. The number of hydrogen-bond acceptors (Lipinski definition) is 4. The zero-order valence-corrected chi connectivity index (χ0v) is 13.1. The summed E-state index contributed by atoms with van der Waals surface area (Å²) in [5, 5.41) is 10.4. The molecule has 2 aromatic rings. The van der Waals surface area contributed by atoms with Gasteiger partial charge in [-0.1, -0.05) is 0 Å². The van der Waals surface area contributed by atoms with Crippen LogP contribution in [0.2, 0.25) is 0 Å². The Kier molecular flexibility index (Phi) is 3.23. The van der Waals surface area contributed by atoms with E-state index in [-0.39, 0.29) is 6.04 Å². The summed E-state index contributed by atoms with van der Waals surface area (Å²) in [6, 6.07) is 1.94. The van der Waals surface area contributed by atoms with Gasteiger partial charge < -0.3 is 15.4 Å². The summed E-state index contributed by atoms with van der Waals surface area (Å²) in [5.74, 6) is 0.467. The van der Waals surface area contributed by atoms with Crippen LogP contribution >= 0.6 is 0 Å². The quantitative estimate of drug-likeness (QED) is 0.841. The van der Waals surface area contributed by atoms with E-state index in [1.165, 1.54) is 6.33 Å². The minimum absolute atomic E-state index is 0.0724. The lowest BCUT2D eigenvalue weighted by atomic mass is 9.98. The Balaban J connectivity index is 2.01. The number of hydrogen-bond donors (Lipinski definition) is 2. The Labute approximate surface area is 128 Å². The van der Waals surface area contributed by atoms with Gasteiger partial charge in [0.05, 0.1) is 11.4 Å². The number of rotatable bonds is 1. The van der Waals surface area contributed by atoms with E-state index in [2.05, 4.69) is 14.5 Å². The lowest BCUT2D eigenvalue weighted by Crippen LogP contribution is -2.53. The minimum atomic E-state index is -0.883. The monoisotopic (exact) mass is 303 g/mol. The lowest BCUT2D eigenvalue weighted by Gasteiger charge is -2.41. The normalized spacial score (nSPS) is 18.2. The number of nitrogen functional groups attached to an aromatic ring is 1. The third-order valence-electron chi connectivity index (χ3n) is 4.23. The van der Waals surface area contributed by atoms with E-state index in [4.69, 9.17) is 5.73 Å². The highest BCUT2D eigenvalue weighted by molar-refractivity contribution is 5.87. The molecule has 1 unspecified atom stereocenters. The molecule has 22 heavy (non-hydrogen) atoms. The summed E-state index contributed by atoms with van der Waals surface area (Å²) in [6.07, 6.45) is 2.17. The van der Waals surface area contributed by atoms with Crippen LogP contribution in [0, 0.1) is 0 Å². The first-order chi connectivity index (χ1) is 10.3. The Bertz CT molecular complexity index is 731. The van der Waals surface area contributed by atoms with Crippen LogP contribution in [-0.2, 0) is 13.0 Å². The average molecular weight is 303 g/mol. The van der Waals surface area contributed by atoms with E-state index in [0.29, 0.717) is 12.4 Å². The lowest BCUT2D eigenvalue weighted by molar-refractivity contribution is 0.0575. The van der Waals surface area contributed by atoms with Gasteiger partial charge >= 0.3 is 6.09 Å². The molecule has 0 bridgehead atoms. The number of carboxylic acid groups (broad SMARTS) is 1. The predicted octanol–water partition coefficient (Wildman–Crippen LogP) is 2.11. The molecule has 1 atom stereocenters. The van der Waals surface area contributed by atoms with Crippen LogP contribution in [0.3, 0.4) is 0 Å². The van der Waals surface area contributed by atoms with Crippen molar-refractivity contribution >= 4 is 22.9 Å². The molecule has 0 saturated carbocycles. The summed E-state index contributed by atoms with van der Waals surface area (Å²) < 4.78 is 2.07. The van der Waals surface area contributed by atoms with Crippen molar-refractivity contribution in [3.05, 3.63) is 18.1 Å². The summed E-state index contributed by atoms with van der Waals surface area (Å²) in [5.41, 5.74) is 7.39. The number of nitrogens with zero attached hydrogens (tertiary/aromatic N) is 4. The van der Waals surface area contributed by atoms with Crippen LogP contribution in [0.5, 0.6) is 0 Å². The fraction of sp³-hybridized carbons (Fsp3) is 0.533. The first-order valence-electron chi connectivity index (χ1n) is 7.40. The van der Waals surface area contributed by atoms with Gasteiger partial charge in [0.25, 0.3) is 0 Å². The van der Waals surface area contributed by atoms with Crippen molar-refractivity contribution in [1.29, 1.82) is 0 Å². The van der Waals surface area contributed by atoms with Crippen molar-refractivity contribution in [1.82, 2.24) is 19.4 Å². The van der Waals surface area contributed by atoms with Crippen LogP contribution in [0.15, 0.2) is 12.4 Å². The number of fused-ring (bicyclic) bond motifs is 3. The number of aryl methyl sites for hydroxylation is 1. The highest BCUT2D eigenvalue weighted by Crippen LogP contribution is 2.30. The zero-order valence-electron chi connectivity index (χ0n) is 13.1. The molecule has 0 aromatic carbocycles. The average Bonchev–Trinajstić information content (AvgIpc) is 2.76. The van der Waals surface area contributed by atoms with E-state index >= 15 is 0 Å². The summed E-state index contributed by atoms with van der Waals surface area (Å²) >= 11 is 0. The highest BCUT2D eigenvalue weighted by Gasteiger charge is 2.35. The third-order valence-corrected chi connectivity index (χ3v) is 4.23. The topological polar surface area (TPSA) is 97.3 Å². The molecule has 0 radical (unpaired) electrons. The summed E-state index contributed by atoms with van der Waals surface area (Å²) in [4.78, 5) is 21.6. The fourth-order valence-corrected chi connectivity index (χ4v) is 3.36. The number of anilines is 1. The zero-order chi connectivity index (χ0) is 16.1. The van der Waals surface area contributed by atoms with E-state index in [1.807, 2.05) is 26.8 Å². The number of amides is 1. The molecule has 1 aliphatic rings. The van der Waals surface area contributed by atoms with Crippen molar-refractivity contribution in [2.45, 2.75) is 51.7 Å². The molecule has 1 amide bonds. The van der Waals surface area contributed by atoms with Gasteiger partial charge in [-0.05, 0) is 39.7 Å². The van der Waals surface area contributed by atoms with E-state index in [9.17, 15) is 9.90 Å². The van der Waals surface area contributed by atoms with Gasteiger partial charge in [0.1, 0.15) is 17.8 Å². The Morgan fingerprint density at radius 3 is 2.82 bits per heavy atom. The molecule has 3 N–H and O–H groups in total. The highest BCUT2D eigenvalue weighted by atomic mass is 16.4. The SMILES string of the molecule is CC(C)(C)N(C(=O)O)C1CCc2cc3c(N)ncnc3n2C1. The molecule has 7 nitrogen and oxygen atoms in total. The van der Waals surface area contributed by atoms with Crippen molar-refractivity contribution in [2.24, 2.45) is 0 Å². The molecule has 0 aliphatic carbocycles. The Morgan fingerprint density at radius 2 is 2.18 bits per heavy atom. The van der Waals surface area contributed by atoms with Crippen LogP contribution in [0.25, 0.3) is 11.0 Å². The second-order valence-corrected chi connectivity index (χ2v) is 6.76. The molecule has 7 heteroatoms. The van der Waals surface area contributed by atoms with Gasteiger partial charge in [-0.15, -0.1) is 0 Å². The number of nitrogens with two attached hydrogens (primary N) is 1.